The lowest BCUT2D eigenvalue weighted by Crippen LogP contribution is -2.33. The number of hydrogen-bond acceptors (Lipinski definition) is 2. The van der Waals surface area contributed by atoms with Crippen LogP contribution in [0, 0.1) is 17.8 Å². The maximum absolute atomic E-state index is 11.6. The van der Waals surface area contributed by atoms with Crippen molar-refractivity contribution in [1.82, 2.24) is 5.48 Å². The maximum atomic E-state index is 11.6. The van der Waals surface area contributed by atoms with Crippen molar-refractivity contribution in [2.75, 3.05) is 6.61 Å². The van der Waals surface area contributed by atoms with E-state index in [-0.39, 0.29) is 11.8 Å². The van der Waals surface area contributed by atoms with Gasteiger partial charge in [-0.05, 0) is 24.7 Å². The molecule has 0 saturated heterocycles. The first-order valence-corrected chi connectivity index (χ1v) is 5.53. The summed E-state index contributed by atoms with van der Waals surface area (Å²) in [6.07, 6.45) is 3.35. The van der Waals surface area contributed by atoms with Gasteiger partial charge in [-0.25, -0.2) is 5.48 Å². The number of nitrogens with one attached hydrogen (secondary N) is 1. The summed E-state index contributed by atoms with van der Waals surface area (Å²) in [7, 11) is 0. The van der Waals surface area contributed by atoms with Crippen molar-refractivity contribution in [2.24, 2.45) is 17.8 Å². The van der Waals surface area contributed by atoms with Gasteiger partial charge in [0, 0.05) is 5.92 Å². The van der Waals surface area contributed by atoms with Crippen molar-refractivity contribution >= 4 is 5.91 Å². The Kier molecular flexibility index (Phi) is 4.39. The quantitative estimate of drug-likeness (QED) is 0.704. The van der Waals surface area contributed by atoms with Crippen LogP contribution in [0.4, 0.5) is 0 Å². The SMILES string of the molecule is CC(C)CONC(=O)C1CCCC1C. The van der Waals surface area contributed by atoms with E-state index in [9.17, 15) is 4.79 Å². The van der Waals surface area contributed by atoms with E-state index in [1.165, 1.54) is 12.8 Å². The van der Waals surface area contributed by atoms with Crippen molar-refractivity contribution in [3.8, 4) is 0 Å². The zero-order valence-corrected chi connectivity index (χ0v) is 9.38. The molecule has 0 heterocycles. The molecule has 1 aliphatic carbocycles. The summed E-state index contributed by atoms with van der Waals surface area (Å²) in [6, 6.07) is 0. The van der Waals surface area contributed by atoms with E-state index in [4.69, 9.17) is 4.84 Å². The Morgan fingerprint density at radius 2 is 2.21 bits per heavy atom. The predicted octanol–water partition coefficient (Wildman–Crippen LogP) is 2.13. The third-order valence-electron chi connectivity index (χ3n) is 2.79. The molecule has 1 aliphatic rings. The van der Waals surface area contributed by atoms with Crippen molar-refractivity contribution in [3.05, 3.63) is 0 Å². The molecular weight excluding hydrogens is 178 g/mol. The van der Waals surface area contributed by atoms with Gasteiger partial charge in [0.25, 0.3) is 0 Å². The van der Waals surface area contributed by atoms with Gasteiger partial charge in [0.2, 0.25) is 5.91 Å². The summed E-state index contributed by atoms with van der Waals surface area (Å²) >= 11 is 0. The summed E-state index contributed by atoms with van der Waals surface area (Å²) in [5, 5.41) is 0. The fourth-order valence-electron chi connectivity index (χ4n) is 1.89. The lowest BCUT2D eigenvalue weighted by molar-refractivity contribution is -0.139. The fourth-order valence-corrected chi connectivity index (χ4v) is 1.89. The lowest BCUT2D eigenvalue weighted by atomic mass is 9.98. The van der Waals surface area contributed by atoms with E-state index in [0.717, 1.165) is 6.42 Å². The average Bonchev–Trinajstić information content (AvgIpc) is 2.50. The number of rotatable bonds is 4. The van der Waals surface area contributed by atoms with E-state index in [1.54, 1.807) is 0 Å². The van der Waals surface area contributed by atoms with Crippen LogP contribution in [0.5, 0.6) is 0 Å². The fraction of sp³-hybridized carbons (Fsp3) is 0.909. The van der Waals surface area contributed by atoms with Crippen molar-refractivity contribution < 1.29 is 9.63 Å². The summed E-state index contributed by atoms with van der Waals surface area (Å²) in [5.41, 5.74) is 2.55. The molecule has 0 spiro atoms. The van der Waals surface area contributed by atoms with Crippen LogP contribution in [-0.2, 0) is 9.63 Å². The highest BCUT2D eigenvalue weighted by atomic mass is 16.6. The van der Waals surface area contributed by atoms with Gasteiger partial charge in [0.05, 0.1) is 6.61 Å². The Morgan fingerprint density at radius 3 is 2.71 bits per heavy atom. The Labute approximate surface area is 86.2 Å². The molecule has 1 fully saturated rings. The first kappa shape index (κ1) is 11.5. The Bertz CT molecular complexity index is 192. The Morgan fingerprint density at radius 1 is 1.50 bits per heavy atom. The van der Waals surface area contributed by atoms with Crippen LogP contribution in [0.15, 0.2) is 0 Å². The van der Waals surface area contributed by atoms with Crippen molar-refractivity contribution in [2.45, 2.75) is 40.0 Å². The second kappa shape index (κ2) is 5.35. The van der Waals surface area contributed by atoms with E-state index in [2.05, 4.69) is 26.3 Å². The summed E-state index contributed by atoms with van der Waals surface area (Å²) in [6.45, 7) is 6.85. The van der Waals surface area contributed by atoms with Crippen LogP contribution in [0.1, 0.15) is 40.0 Å². The second-order valence-electron chi connectivity index (χ2n) is 4.69. The molecule has 1 rings (SSSR count). The number of carbonyl (C=O) groups is 1. The Balaban J connectivity index is 2.21. The average molecular weight is 199 g/mol. The maximum Gasteiger partial charge on any atom is 0.246 e. The highest BCUT2D eigenvalue weighted by Crippen LogP contribution is 2.31. The molecule has 82 valence electrons. The molecule has 3 nitrogen and oxygen atoms in total. The highest BCUT2D eigenvalue weighted by Gasteiger charge is 2.29. The van der Waals surface area contributed by atoms with Gasteiger partial charge in [-0.2, -0.15) is 0 Å². The molecule has 2 unspecified atom stereocenters. The van der Waals surface area contributed by atoms with E-state index in [1.807, 2.05) is 0 Å². The molecule has 0 aromatic carbocycles. The molecule has 0 bridgehead atoms. The van der Waals surface area contributed by atoms with Gasteiger partial charge in [-0.3, -0.25) is 9.63 Å². The summed E-state index contributed by atoms with van der Waals surface area (Å²) in [4.78, 5) is 16.7. The van der Waals surface area contributed by atoms with E-state index in [0.29, 0.717) is 18.4 Å². The minimum absolute atomic E-state index is 0.0654. The van der Waals surface area contributed by atoms with Gasteiger partial charge < -0.3 is 0 Å². The van der Waals surface area contributed by atoms with Crippen LogP contribution >= 0.6 is 0 Å². The van der Waals surface area contributed by atoms with E-state index >= 15 is 0 Å². The summed E-state index contributed by atoms with van der Waals surface area (Å²) < 4.78 is 0. The first-order valence-electron chi connectivity index (χ1n) is 5.53. The van der Waals surface area contributed by atoms with Crippen LogP contribution in [0.25, 0.3) is 0 Å². The molecule has 0 aliphatic heterocycles. The standard InChI is InChI=1S/C11H21NO2/c1-8(2)7-14-12-11(13)10-6-4-5-9(10)3/h8-10H,4-7H2,1-3H3,(H,12,13). The second-order valence-corrected chi connectivity index (χ2v) is 4.69. The minimum atomic E-state index is 0.0654. The van der Waals surface area contributed by atoms with Gasteiger partial charge in [-0.1, -0.05) is 27.2 Å². The van der Waals surface area contributed by atoms with Crippen LogP contribution < -0.4 is 5.48 Å². The molecule has 0 aromatic heterocycles. The molecule has 2 atom stereocenters. The van der Waals surface area contributed by atoms with E-state index < -0.39 is 0 Å². The zero-order chi connectivity index (χ0) is 10.6. The van der Waals surface area contributed by atoms with Crippen LogP contribution in [0.2, 0.25) is 0 Å². The van der Waals surface area contributed by atoms with Gasteiger partial charge >= 0.3 is 0 Å². The molecule has 1 saturated carbocycles. The van der Waals surface area contributed by atoms with Crippen LogP contribution in [0.3, 0.4) is 0 Å². The number of carbonyl (C=O) groups excluding carboxylic acids is 1. The number of hydrogen-bond donors (Lipinski definition) is 1. The van der Waals surface area contributed by atoms with Crippen molar-refractivity contribution in [3.63, 3.8) is 0 Å². The van der Waals surface area contributed by atoms with Gasteiger partial charge in [0.1, 0.15) is 0 Å². The molecule has 14 heavy (non-hydrogen) atoms. The molecule has 1 amide bonds. The minimum Gasteiger partial charge on any atom is -0.273 e. The third-order valence-corrected chi connectivity index (χ3v) is 2.79. The topological polar surface area (TPSA) is 38.3 Å². The molecule has 1 N–H and O–H groups in total. The summed E-state index contributed by atoms with van der Waals surface area (Å²) in [5.74, 6) is 1.20. The lowest BCUT2D eigenvalue weighted by Gasteiger charge is -2.15. The smallest absolute Gasteiger partial charge is 0.246 e. The Hall–Kier alpha value is -0.570. The normalized spacial score (nSPS) is 26.9. The first-order chi connectivity index (χ1) is 6.61. The van der Waals surface area contributed by atoms with Gasteiger partial charge in [-0.15, -0.1) is 0 Å². The largest absolute Gasteiger partial charge is 0.273 e. The number of amides is 1. The van der Waals surface area contributed by atoms with Crippen molar-refractivity contribution in [1.29, 1.82) is 0 Å². The zero-order valence-electron chi connectivity index (χ0n) is 9.38. The predicted molar refractivity (Wildman–Crippen MR) is 55.4 cm³/mol. The molecular formula is C11H21NO2. The number of hydroxylamine groups is 1. The molecule has 0 aromatic rings. The molecule has 0 radical (unpaired) electrons. The molecule has 3 heteroatoms. The van der Waals surface area contributed by atoms with Gasteiger partial charge in [0.15, 0.2) is 0 Å². The highest BCUT2D eigenvalue weighted by molar-refractivity contribution is 5.78. The third kappa shape index (κ3) is 3.29. The van der Waals surface area contributed by atoms with Crippen LogP contribution in [-0.4, -0.2) is 12.5 Å². The monoisotopic (exact) mass is 199 g/mol.